The summed E-state index contributed by atoms with van der Waals surface area (Å²) in [5.74, 6) is -0.512. The minimum Gasteiger partial charge on any atom is -0.469 e. The summed E-state index contributed by atoms with van der Waals surface area (Å²) >= 11 is 0. The van der Waals surface area contributed by atoms with Crippen LogP contribution in [0.2, 0.25) is 0 Å². The number of hydrogen-bond acceptors (Lipinski definition) is 5. The summed E-state index contributed by atoms with van der Waals surface area (Å²) in [4.78, 5) is 22.5. The first-order chi connectivity index (χ1) is 9.15. The number of esters is 1. The van der Waals surface area contributed by atoms with Gasteiger partial charge in [0.2, 0.25) is 0 Å². The van der Waals surface area contributed by atoms with E-state index < -0.39 is 18.1 Å². The second-order valence-corrected chi connectivity index (χ2v) is 3.87. The number of methoxy groups -OCH3 is 1. The highest BCUT2D eigenvalue weighted by molar-refractivity contribution is 5.72. The van der Waals surface area contributed by atoms with Gasteiger partial charge in [0, 0.05) is 0 Å². The summed E-state index contributed by atoms with van der Waals surface area (Å²) < 4.78 is 9.41. The first kappa shape index (κ1) is 15.0. The monoisotopic (exact) mass is 267 g/mol. The number of ether oxygens (including phenoxy) is 2. The second kappa shape index (κ2) is 8.10. The van der Waals surface area contributed by atoms with Crippen LogP contribution in [0.15, 0.2) is 30.3 Å². The molecule has 0 bridgehead atoms. The van der Waals surface area contributed by atoms with Gasteiger partial charge in [-0.1, -0.05) is 30.3 Å². The van der Waals surface area contributed by atoms with Gasteiger partial charge >= 0.3 is 12.1 Å². The third-order valence-corrected chi connectivity index (χ3v) is 2.40. The van der Waals surface area contributed by atoms with Crippen LogP contribution >= 0.6 is 0 Å². The number of carbonyl (C=O) groups excluding carboxylic acids is 2. The summed E-state index contributed by atoms with van der Waals surface area (Å²) in [7, 11) is 1.24. The highest BCUT2D eigenvalue weighted by Gasteiger charge is 2.16. The molecule has 1 atom stereocenters. The van der Waals surface area contributed by atoms with Crippen LogP contribution in [0.25, 0.3) is 0 Å². The van der Waals surface area contributed by atoms with Crippen molar-refractivity contribution in [2.75, 3.05) is 13.7 Å². The summed E-state index contributed by atoms with van der Waals surface area (Å²) in [5, 5.41) is 11.4. The molecule has 6 nitrogen and oxygen atoms in total. The van der Waals surface area contributed by atoms with Gasteiger partial charge < -0.3 is 19.9 Å². The summed E-state index contributed by atoms with van der Waals surface area (Å²) in [6.45, 7) is -0.238. The number of aliphatic hydroxyl groups is 1. The zero-order valence-corrected chi connectivity index (χ0v) is 10.7. The third-order valence-electron chi connectivity index (χ3n) is 2.40. The largest absolute Gasteiger partial charge is 0.469 e. The van der Waals surface area contributed by atoms with Crippen LogP contribution in [0.3, 0.4) is 0 Å². The Hall–Kier alpha value is -2.08. The summed E-state index contributed by atoms with van der Waals surface area (Å²) in [6, 6.07) is 8.48. The molecule has 0 saturated heterocycles. The lowest BCUT2D eigenvalue weighted by Gasteiger charge is -2.14. The first-order valence-electron chi connectivity index (χ1n) is 5.80. The summed E-state index contributed by atoms with van der Waals surface area (Å²) in [6.07, 6.45) is -0.792. The lowest BCUT2D eigenvalue weighted by molar-refractivity contribution is -0.141. The maximum absolute atomic E-state index is 11.5. The fourth-order valence-electron chi connectivity index (χ4n) is 1.38. The maximum Gasteiger partial charge on any atom is 0.407 e. The molecule has 0 aromatic heterocycles. The van der Waals surface area contributed by atoms with Gasteiger partial charge in [-0.25, -0.2) is 4.79 Å². The third kappa shape index (κ3) is 5.87. The predicted octanol–water partition coefficient (Wildman–Crippen LogP) is 0.837. The number of aliphatic hydroxyl groups excluding tert-OH is 1. The fraction of sp³-hybridized carbons (Fsp3) is 0.385. The highest BCUT2D eigenvalue weighted by atomic mass is 16.5. The Kier molecular flexibility index (Phi) is 6.38. The molecule has 1 aromatic carbocycles. The van der Waals surface area contributed by atoms with E-state index >= 15 is 0 Å². The number of hydrogen-bond donors (Lipinski definition) is 2. The minimum atomic E-state index is -0.712. The van der Waals surface area contributed by atoms with E-state index in [-0.39, 0.29) is 19.6 Å². The molecular weight excluding hydrogens is 250 g/mol. The van der Waals surface area contributed by atoms with E-state index in [0.717, 1.165) is 5.56 Å². The van der Waals surface area contributed by atoms with Crippen LogP contribution < -0.4 is 5.32 Å². The molecule has 1 rings (SSSR count). The van der Waals surface area contributed by atoms with E-state index in [4.69, 9.17) is 9.84 Å². The van der Waals surface area contributed by atoms with Gasteiger partial charge in [-0.15, -0.1) is 0 Å². The molecule has 6 heteroatoms. The SMILES string of the molecule is COC(=O)CC(CO)NC(=O)OCc1ccccc1. The van der Waals surface area contributed by atoms with Crippen molar-refractivity contribution in [3.05, 3.63) is 35.9 Å². The van der Waals surface area contributed by atoms with Gasteiger partial charge in [-0.3, -0.25) is 4.79 Å². The Labute approximate surface area is 111 Å². The quantitative estimate of drug-likeness (QED) is 0.746. The predicted molar refractivity (Wildman–Crippen MR) is 67.3 cm³/mol. The fourth-order valence-corrected chi connectivity index (χ4v) is 1.38. The maximum atomic E-state index is 11.5. The summed E-state index contributed by atoms with van der Waals surface area (Å²) in [5.41, 5.74) is 0.853. The molecular formula is C13H17NO5. The van der Waals surface area contributed by atoms with Crippen molar-refractivity contribution in [1.29, 1.82) is 0 Å². The Morgan fingerprint density at radius 2 is 2.00 bits per heavy atom. The highest BCUT2D eigenvalue weighted by Crippen LogP contribution is 2.01. The molecule has 2 N–H and O–H groups in total. The minimum absolute atomic E-state index is 0.104. The van der Waals surface area contributed by atoms with Crippen molar-refractivity contribution in [2.24, 2.45) is 0 Å². The molecule has 1 aromatic rings. The van der Waals surface area contributed by atoms with Crippen LogP contribution in [-0.2, 0) is 20.9 Å². The Balaban J connectivity index is 2.35. The number of rotatable bonds is 6. The normalized spacial score (nSPS) is 11.5. The van der Waals surface area contributed by atoms with Crippen molar-refractivity contribution < 1.29 is 24.2 Å². The van der Waals surface area contributed by atoms with E-state index in [1.54, 1.807) is 0 Å². The Morgan fingerprint density at radius 3 is 2.58 bits per heavy atom. The Morgan fingerprint density at radius 1 is 1.32 bits per heavy atom. The van der Waals surface area contributed by atoms with E-state index in [0.29, 0.717) is 0 Å². The van der Waals surface area contributed by atoms with Crippen LogP contribution in [0.5, 0.6) is 0 Å². The van der Waals surface area contributed by atoms with Gasteiger partial charge in [0.05, 0.1) is 26.2 Å². The van der Waals surface area contributed by atoms with Gasteiger partial charge in [0.1, 0.15) is 6.61 Å². The molecule has 19 heavy (non-hydrogen) atoms. The lowest BCUT2D eigenvalue weighted by atomic mass is 10.2. The molecule has 0 fully saturated rings. The van der Waals surface area contributed by atoms with E-state index in [1.807, 2.05) is 30.3 Å². The molecule has 0 aliphatic carbocycles. The van der Waals surface area contributed by atoms with Crippen molar-refractivity contribution >= 4 is 12.1 Å². The first-order valence-corrected chi connectivity index (χ1v) is 5.80. The van der Waals surface area contributed by atoms with Gasteiger partial charge in [-0.2, -0.15) is 0 Å². The molecule has 1 unspecified atom stereocenters. The number of nitrogens with one attached hydrogen (secondary N) is 1. The van der Waals surface area contributed by atoms with Crippen LogP contribution in [0.1, 0.15) is 12.0 Å². The van der Waals surface area contributed by atoms with Crippen LogP contribution in [-0.4, -0.2) is 36.9 Å². The molecule has 1 amide bonds. The standard InChI is InChI=1S/C13H17NO5/c1-18-12(16)7-11(8-15)14-13(17)19-9-10-5-3-2-4-6-10/h2-6,11,15H,7-9H2,1H3,(H,14,17). The average molecular weight is 267 g/mol. The molecule has 0 radical (unpaired) electrons. The van der Waals surface area contributed by atoms with Gasteiger partial charge in [0.25, 0.3) is 0 Å². The van der Waals surface area contributed by atoms with Crippen molar-refractivity contribution in [1.82, 2.24) is 5.32 Å². The molecule has 0 spiro atoms. The Bertz CT molecular complexity index is 407. The van der Waals surface area contributed by atoms with Crippen molar-refractivity contribution in [3.8, 4) is 0 Å². The zero-order valence-electron chi connectivity index (χ0n) is 10.7. The van der Waals surface area contributed by atoms with Gasteiger partial charge in [0.15, 0.2) is 0 Å². The number of amides is 1. The molecule has 0 heterocycles. The lowest BCUT2D eigenvalue weighted by Crippen LogP contribution is -2.39. The van der Waals surface area contributed by atoms with E-state index in [2.05, 4.69) is 10.1 Å². The van der Waals surface area contributed by atoms with Crippen LogP contribution in [0.4, 0.5) is 4.79 Å². The number of alkyl carbamates (subject to hydrolysis) is 1. The van der Waals surface area contributed by atoms with Crippen molar-refractivity contribution in [2.45, 2.75) is 19.1 Å². The number of carbonyl (C=O) groups is 2. The zero-order chi connectivity index (χ0) is 14.1. The molecule has 0 aliphatic heterocycles. The van der Waals surface area contributed by atoms with Crippen molar-refractivity contribution in [3.63, 3.8) is 0 Å². The molecule has 0 saturated carbocycles. The average Bonchev–Trinajstić information content (AvgIpc) is 2.45. The van der Waals surface area contributed by atoms with E-state index in [9.17, 15) is 9.59 Å². The number of benzene rings is 1. The second-order valence-electron chi connectivity index (χ2n) is 3.87. The smallest absolute Gasteiger partial charge is 0.407 e. The van der Waals surface area contributed by atoms with Crippen LogP contribution in [0, 0.1) is 0 Å². The topological polar surface area (TPSA) is 84.9 Å². The van der Waals surface area contributed by atoms with Gasteiger partial charge in [-0.05, 0) is 5.56 Å². The van der Waals surface area contributed by atoms with E-state index in [1.165, 1.54) is 7.11 Å². The molecule has 104 valence electrons. The molecule has 0 aliphatic rings.